The van der Waals surface area contributed by atoms with Crippen LogP contribution in [-0.2, 0) is 11.2 Å². The van der Waals surface area contributed by atoms with E-state index in [4.69, 9.17) is 4.42 Å². The molecule has 0 saturated carbocycles. The predicted octanol–water partition coefficient (Wildman–Crippen LogP) is 1.99. The third-order valence-corrected chi connectivity index (χ3v) is 2.02. The molecule has 16 heavy (non-hydrogen) atoms. The number of furan rings is 1. The van der Waals surface area contributed by atoms with Crippen molar-refractivity contribution in [2.45, 2.75) is 18.6 Å². The molecule has 0 saturated heterocycles. The van der Waals surface area contributed by atoms with Crippen molar-refractivity contribution >= 4 is 0 Å². The van der Waals surface area contributed by atoms with Crippen molar-refractivity contribution in [3.63, 3.8) is 0 Å². The summed E-state index contributed by atoms with van der Waals surface area (Å²) in [6.07, 6.45) is -2.25. The number of likely N-dealkylation sites (N-methyl/N-ethyl adjacent to an activating group) is 1. The van der Waals surface area contributed by atoms with Gasteiger partial charge >= 0.3 is 6.18 Å². The van der Waals surface area contributed by atoms with Crippen molar-refractivity contribution in [2.24, 2.45) is 0 Å². The number of hydrogen-bond acceptors (Lipinski definition) is 3. The van der Waals surface area contributed by atoms with Gasteiger partial charge in [0.2, 0.25) is 0 Å². The molecule has 0 radical (unpaired) electrons. The molecule has 0 aromatic carbocycles. The van der Waals surface area contributed by atoms with Crippen LogP contribution in [0, 0.1) is 0 Å². The summed E-state index contributed by atoms with van der Waals surface area (Å²) in [7, 11) is 1.67. The van der Waals surface area contributed by atoms with E-state index in [1.54, 1.807) is 19.2 Å². The van der Waals surface area contributed by atoms with Crippen LogP contribution >= 0.6 is 0 Å². The first kappa shape index (κ1) is 13.1. The Morgan fingerprint density at radius 2 is 2.25 bits per heavy atom. The molecule has 0 fully saturated rings. The van der Waals surface area contributed by atoms with Crippen LogP contribution in [0.5, 0.6) is 0 Å². The van der Waals surface area contributed by atoms with E-state index in [1.807, 2.05) is 0 Å². The van der Waals surface area contributed by atoms with Gasteiger partial charge in [-0.3, -0.25) is 0 Å². The third-order valence-electron chi connectivity index (χ3n) is 2.02. The lowest BCUT2D eigenvalue weighted by atomic mass is 10.2. The molecule has 0 aliphatic carbocycles. The highest BCUT2D eigenvalue weighted by Crippen LogP contribution is 2.14. The van der Waals surface area contributed by atoms with Gasteiger partial charge in [0.1, 0.15) is 12.4 Å². The average molecular weight is 237 g/mol. The minimum atomic E-state index is -4.27. The first-order chi connectivity index (χ1) is 7.51. The highest BCUT2D eigenvalue weighted by molar-refractivity contribution is 5.00. The van der Waals surface area contributed by atoms with E-state index in [-0.39, 0.29) is 12.6 Å². The molecule has 0 aliphatic heterocycles. The number of hydrogen-bond donors (Lipinski definition) is 1. The largest absolute Gasteiger partial charge is 0.469 e. The van der Waals surface area contributed by atoms with Gasteiger partial charge in [-0.2, -0.15) is 13.2 Å². The minimum Gasteiger partial charge on any atom is -0.469 e. The summed E-state index contributed by atoms with van der Waals surface area (Å²) in [6.45, 7) is -1.22. The van der Waals surface area contributed by atoms with Crippen LogP contribution in [0.1, 0.15) is 5.76 Å². The lowest BCUT2D eigenvalue weighted by molar-refractivity contribution is -0.175. The zero-order valence-electron chi connectivity index (χ0n) is 8.88. The summed E-state index contributed by atoms with van der Waals surface area (Å²) < 4.78 is 45.1. The normalized spacial score (nSPS) is 14.0. The lowest BCUT2D eigenvalue weighted by Crippen LogP contribution is -2.34. The fourth-order valence-electron chi connectivity index (χ4n) is 1.23. The highest BCUT2D eigenvalue weighted by Gasteiger charge is 2.27. The molecular formula is C10H14F3NO2. The van der Waals surface area contributed by atoms with Crippen LogP contribution in [0.3, 0.4) is 0 Å². The summed E-state index contributed by atoms with van der Waals surface area (Å²) in [4.78, 5) is 0. The Morgan fingerprint density at radius 3 is 2.75 bits per heavy atom. The molecule has 92 valence electrons. The first-order valence-electron chi connectivity index (χ1n) is 4.85. The molecule has 1 heterocycles. The Labute approximate surface area is 91.6 Å². The van der Waals surface area contributed by atoms with E-state index in [1.165, 1.54) is 6.26 Å². The summed E-state index contributed by atoms with van der Waals surface area (Å²) in [6, 6.07) is 3.32. The van der Waals surface area contributed by atoms with Gasteiger partial charge in [0.05, 0.1) is 12.9 Å². The second kappa shape index (κ2) is 5.91. The molecule has 0 spiro atoms. The summed E-state index contributed by atoms with van der Waals surface area (Å²) in [5.41, 5.74) is 0. The van der Waals surface area contributed by atoms with E-state index < -0.39 is 12.8 Å². The van der Waals surface area contributed by atoms with Crippen molar-refractivity contribution in [3.05, 3.63) is 24.2 Å². The fraction of sp³-hybridized carbons (Fsp3) is 0.600. The topological polar surface area (TPSA) is 34.4 Å². The molecule has 0 bridgehead atoms. The van der Waals surface area contributed by atoms with Crippen molar-refractivity contribution < 1.29 is 22.3 Å². The summed E-state index contributed by atoms with van der Waals surface area (Å²) in [5, 5.41) is 2.87. The van der Waals surface area contributed by atoms with Crippen molar-refractivity contribution in [3.8, 4) is 0 Å². The molecule has 1 rings (SSSR count). The predicted molar refractivity (Wildman–Crippen MR) is 52.1 cm³/mol. The van der Waals surface area contributed by atoms with Crippen LogP contribution in [0.4, 0.5) is 13.2 Å². The van der Waals surface area contributed by atoms with Gasteiger partial charge in [0.25, 0.3) is 0 Å². The van der Waals surface area contributed by atoms with E-state index in [2.05, 4.69) is 10.1 Å². The van der Waals surface area contributed by atoms with Gasteiger partial charge in [-0.25, -0.2) is 0 Å². The van der Waals surface area contributed by atoms with Gasteiger partial charge in [0.15, 0.2) is 0 Å². The molecule has 1 aromatic rings. The zero-order valence-corrected chi connectivity index (χ0v) is 8.88. The molecule has 1 aromatic heterocycles. The van der Waals surface area contributed by atoms with Gasteiger partial charge in [-0.15, -0.1) is 0 Å². The van der Waals surface area contributed by atoms with Crippen LogP contribution in [0.2, 0.25) is 0 Å². The maximum Gasteiger partial charge on any atom is 0.411 e. The molecule has 0 amide bonds. The fourth-order valence-corrected chi connectivity index (χ4v) is 1.23. The minimum absolute atomic E-state index is 0.00326. The molecule has 6 heteroatoms. The quantitative estimate of drug-likeness (QED) is 0.821. The monoisotopic (exact) mass is 237 g/mol. The molecule has 3 nitrogen and oxygen atoms in total. The Kier molecular flexibility index (Phi) is 4.82. The smallest absolute Gasteiger partial charge is 0.411 e. The van der Waals surface area contributed by atoms with Gasteiger partial charge in [-0.05, 0) is 19.2 Å². The Morgan fingerprint density at radius 1 is 1.50 bits per heavy atom. The second-order valence-electron chi connectivity index (χ2n) is 3.40. The second-order valence-corrected chi connectivity index (χ2v) is 3.40. The van der Waals surface area contributed by atoms with Crippen LogP contribution in [-0.4, -0.2) is 32.5 Å². The molecular weight excluding hydrogens is 223 g/mol. The van der Waals surface area contributed by atoms with Crippen LogP contribution < -0.4 is 5.32 Å². The maximum atomic E-state index is 11.8. The van der Waals surface area contributed by atoms with Crippen molar-refractivity contribution in [2.75, 3.05) is 20.3 Å². The number of ether oxygens (including phenoxy) is 1. The van der Waals surface area contributed by atoms with Crippen molar-refractivity contribution in [1.82, 2.24) is 5.32 Å². The highest BCUT2D eigenvalue weighted by atomic mass is 19.4. The van der Waals surface area contributed by atoms with Crippen LogP contribution in [0.15, 0.2) is 22.8 Å². The maximum absolute atomic E-state index is 11.8. The third kappa shape index (κ3) is 5.18. The lowest BCUT2D eigenvalue weighted by Gasteiger charge is -2.15. The number of alkyl halides is 3. The van der Waals surface area contributed by atoms with Gasteiger partial charge < -0.3 is 14.5 Å². The summed E-state index contributed by atoms with van der Waals surface area (Å²) in [5.74, 6) is 0.718. The van der Waals surface area contributed by atoms with Gasteiger partial charge in [0, 0.05) is 12.5 Å². The average Bonchev–Trinajstić information content (AvgIpc) is 2.67. The number of rotatable bonds is 6. The van der Waals surface area contributed by atoms with E-state index in [0.29, 0.717) is 6.42 Å². The number of halogens is 3. The van der Waals surface area contributed by atoms with Crippen molar-refractivity contribution in [1.29, 1.82) is 0 Å². The van der Waals surface area contributed by atoms with E-state index >= 15 is 0 Å². The Bertz CT molecular complexity index is 285. The zero-order chi connectivity index (χ0) is 12.0. The SMILES string of the molecule is CNC(COCC(F)(F)F)Cc1ccco1. The molecule has 1 atom stereocenters. The van der Waals surface area contributed by atoms with Gasteiger partial charge in [-0.1, -0.05) is 0 Å². The number of nitrogens with one attached hydrogen (secondary N) is 1. The summed E-state index contributed by atoms with van der Waals surface area (Å²) >= 11 is 0. The van der Waals surface area contributed by atoms with E-state index in [9.17, 15) is 13.2 Å². The first-order valence-corrected chi connectivity index (χ1v) is 4.85. The molecule has 0 aliphatic rings. The Hall–Kier alpha value is -1.01. The standard InChI is InChI=1S/C10H14F3NO2/c1-14-8(5-9-3-2-4-16-9)6-15-7-10(11,12)13/h2-4,8,14H,5-7H2,1H3. The van der Waals surface area contributed by atoms with Crippen LogP contribution in [0.25, 0.3) is 0 Å². The Balaban J connectivity index is 2.27. The molecule has 1 unspecified atom stereocenters. The molecule has 1 N–H and O–H groups in total. The van der Waals surface area contributed by atoms with E-state index in [0.717, 1.165) is 5.76 Å².